The maximum Gasteiger partial charge on any atom is 0.586 e. The first-order valence-electron chi connectivity index (χ1n) is 14.9. The van der Waals surface area contributed by atoms with Crippen LogP contribution in [0, 0.1) is 0 Å². The molecule has 0 fully saturated rings. The van der Waals surface area contributed by atoms with Crippen LogP contribution in [-0.4, -0.2) is 68.5 Å². The van der Waals surface area contributed by atoms with E-state index in [4.69, 9.17) is 5.11 Å². The number of benzene rings is 4. The highest BCUT2D eigenvalue weighted by atomic mass is 19.3. The summed E-state index contributed by atoms with van der Waals surface area (Å²) in [4.78, 5) is 60.9. The average Bonchev–Trinajstić information content (AvgIpc) is 3.85. The summed E-state index contributed by atoms with van der Waals surface area (Å²) < 4.78 is 74.3. The zero-order valence-corrected chi connectivity index (χ0v) is 26.5. The molecular weight excluding hydrogens is 716 g/mol. The molecule has 0 saturated heterocycles. The predicted molar refractivity (Wildman–Crippen MR) is 172 cm³/mol. The number of carboxylic acids is 1. The van der Waals surface area contributed by atoms with Crippen LogP contribution >= 0.6 is 0 Å². The highest BCUT2D eigenvalue weighted by Crippen LogP contribution is 2.44. The molecule has 2 aliphatic rings. The van der Waals surface area contributed by atoms with Gasteiger partial charge in [0, 0.05) is 35.4 Å². The summed E-state index contributed by atoms with van der Waals surface area (Å²) in [6.45, 7) is 0. The summed E-state index contributed by atoms with van der Waals surface area (Å²) >= 11 is 0. The third-order valence-electron chi connectivity index (χ3n) is 7.39. The minimum absolute atomic E-state index is 0.0334. The fraction of sp³-hybridized carbons (Fsp3) is 0.0909. The maximum atomic E-state index is 13.1. The number of esters is 1. The van der Waals surface area contributed by atoms with Gasteiger partial charge in [-0.3, -0.25) is 20.2 Å². The van der Waals surface area contributed by atoms with Gasteiger partial charge in [-0.1, -0.05) is 12.1 Å². The number of nitrogens with one attached hydrogen (secondary N) is 4. The predicted octanol–water partition coefficient (Wildman–Crippen LogP) is 5.76. The number of methoxy groups -OCH3 is 1. The molecule has 5 N–H and O–H groups in total. The van der Waals surface area contributed by atoms with E-state index in [9.17, 15) is 36.7 Å². The Bertz CT molecular complexity index is 2390. The third-order valence-corrected chi connectivity index (χ3v) is 7.39. The van der Waals surface area contributed by atoms with Crippen LogP contribution in [0.15, 0.2) is 72.8 Å². The highest BCUT2D eigenvalue weighted by Gasteiger charge is 2.44. The van der Waals surface area contributed by atoms with Crippen molar-refractivity contribution in [2.24, 2.45) is 0 Å². The van der Waals surface area contributed by atoms with Crippen molar-refractivity contribution in [2.45, 2.75) is 12.6 Å². The number of nitrogens with zero attached hydrogens (tertiary/aromatic N) is 2. The molecule has 0 radical (unpaired) electrons. The number of hydrogen-bond acceptors (Lipinski definition) is 11. The van der Waals surface area contributed by atoms with Gasteiger partial charge < -0.3 is 38.8 Å². The smallest absolute Gasteiger partial charge is 0.478 e. The SMILES string of the molecule is COC(=O)c1cccc(C(=O)Nc2nc3cc4c(cc3[nH]2)OC(F)(F)O4)c1.O=C(O)c1cccc(C(=O)Nc2nc3cc4c(cc3[nH]2)OC(F)(F)O4)c1. The van der Waals surface area contributed by atoms with Crippen molar-refractivity contribution < 1.29 is 65.5 Å². The van der Waals surface area contributed by atoms with Crippen LogP contribution in [0.2, 0.25) is 0 Å². The lowest BCUT2D eigenvalue weighted by Gasteiger charge is -2.04. The van der Waals surface area contributed by atoms with Crippen molar-refractivity contribution in [3.63, 3.8) is 0 Å². The largest absolute Gasteiger partial charge is 0.586 e. The second-order valence-corrected chi connectivity index (χ2v) is 11.0. The van der Waals surface area contributed by atoms with Crippen molar-refractivity contribution in [3.05, 3.63) is 95.1 Å². The van der Waals surface area contributed by atoms with Gasteiger partial charge in [0.05, 0.1) is 40.3 Å². The molecule has 53 heavy (non-hydrogen) atoms. The van der Waals surface area contributed by atoms with Crippen LogP contribution < -0.4 is 29.6 Å². The van der Waals surface area contributed by atoms with E-state index in [1.54, 1.807) is 6.07 Å². The molecule has 0 bridgehead atoms. The topological polar surface area (TPSA) is 216 Å². The Morgan fingerprint density at radius 1 is 0.642 bits per heavy atom. The molecule has 2 amide bonds. The number of halogens is 4. The Morgan fingerprint density at radius 3 is 1.47 bits per heavy atom. The van der Waals surface area contributed by atoms with Gasteiger partial charge in [-0.05, 0) is 36.4 Å². The van der Waals surface area contributed by atoms with Gasteiger partial charge in [0.2, 0.25) is 11.9 Å². The van der Waals surface area contributed by atoms with Gasteiger partial charge in [0.15, 0.2) is 23.0 Å². The first-order valence-corrected chi connectivity index (χ1v) is 14.9. The highest BCUT2D eigenvalue weighted by molar-refractivity contribution is 6.06. The molecule has 6 aromatic rings. The lowest BCUT2D eigenvalue weighted by atomic mass is 10.1. The molecule has 270 valence electrons. The molecule has 0 spiro atoms. The maximum absolute atomic E-state index is 13.1. The summed E-state index contributed by atoms with van der Waals surface area (Å²) in [5, 5.41) is 14.0. The third kappa shape index (κ3) is 7.13. The Kier molecular flexibility index (Phi) is 8.20. The van der Waals surface area contributed by atoms with Crippen molar-refractivity contribution in [1.29, 1.82) is 0 Å². The van der Waals surface area contributed by atoms with Crippen molar-refractivity contribution in [2.75, 3.05) is 17.7 Å². The zero-order chi connectivity index (χ0) is 37.7. The molecule has 4 heterocycles. The number of aromatic nitrogens is 4. The number of rotatable bonds is 6. The minimum atomic E-state index is -3.73. The Hall–Kier alpha value is -7.38. The number of carbonyl (C=O) groups excluding carboxylic acids is 3. The van der Waals surface area contributed by atoms with Gasteiger partial charge in [-0.15, -0.1) is 17.6 Å². The number of ether oxygens (including phenoxy) is 5. The normalized spacial score (nSPS) is 14.3. The summed E-state index contributed by atoms with van der Waals surface area (Å²) in [6.07, 6.45) is -7.45. The van der Waals surface area contributed by atoms with Gasteiger partial charge in [-0.2, -0.15) is 0 Å². The van der Waals surface area contributed by atoms with Gasteiger partial charge >= 0.3 is 24.5 Å². The molecule has 2 aliphatic heterocycles. The van der Waals surface area contributed by atoms with Crippen molar-refractivity contribution in [3.8, 4) is 23.0 Å². The van der Waals surface area contributed by atoms with Gasteiger partial charge in [0.25, 0.3) is 11.8 Å². The Morgan fingerprint density at radius 2 is 1.04 bits per heavy atom. The summed E-state index contributed by atoms with van der Waals surface area (Å²) in [7, 11) is 1.24. The average molecular weight is 737 g/mol. The van der Waals surface area contributed by atoms with Crippen molar-refractivity contribution in [1.82, 2.24) is 19.9 Å². The fourth-order valence-electron chi connectivity index (χ4n) is 5.08. The van der Waals surface area contributed by atoms with Crippen LogP contribution in [0.3, 0.4) is 0 Å². The van der Waals surface area contributed by atoms with Crippen molar-refractivity contribution >= 4 is 57.7 Å². The molecule has 4 aromatic carbocycles. The fourth-order valence-corrected chi connectivity index (χ4v) is 5.08. The molecule has 20 heteroatoms. The molecule has 8 rings (SSSR count). The Balaban J connectivity index is 0.000000164. The van der Waals surface area contributed by atoms with Crippen LogP contribution in [-0.2, 0) is 4.74 Å². The number of aromatic carboxylic acids is 1. The van der Waals surface area contributed by atoms with Gasteiger partial charge in [-0.25, -0.2) is 19.6 Å². The molecule has 0 atom stereocenters. The number of H-pyrrole nitrogens is 2. The first-order chi connectivity index (χ1) is 25.1. The molecule has 0 unspecified atom stereocenters. The van der Waals surface area contributed by atoms with E-state index in [-0.39, 0.29) is 62.7 Å². The number of carboxylic acid groups (broad SMARTS) is 1. The van der Waals surface area contributed by atoms with Gasteiger partial charge in [0.1, 0.15) is 0 Å². The Labute approximate surface area is 291 Å². The minimum Gasteiger partial charge on any atom is -0.478 e. The first kappa shape index (κ1) is 34.1. The number of amides is 2. The summed E-state index contributed by atoms with van der Waals surface area (Å²) in [5.41, 5.74) is 1.82. The van der Waals surface area contributed by atoms with E-state index in [2.05, 4.69) is 54.3 Å². The number of carbonyl (C=O) groups is 4. The van der Waals surface area contributed by atoms with E-state index in [1.165, 1.54) is 73.8 Å². The number of anilines is 2. The quantitative estimate of drug-likeness (QED) is 0.102. The molecule has 0 saturated carbocycles. The summed E-state index contributed by atoms with van der Waals surface area (Å²) in [5.74, 6) is -3.30. The van der Waals surface area contributed by atoms with E-state index in [0.29, 0.717) is 16.6 Å². The molecule has 16 nitrogen and oxygen atoms in total. The van der Waals surface area contributed by atoms with Crippen LogP contribution in [0.25, 0.3) is 22.1 Å². The number of hydrogen-bond donors (Lipinski definition) is 5. The monoisotopic (exact) mass is 736 g/mol. The number of imidazole rings is 2. The molecular formula is C33H20F4N6O10. The number of alkyl halides is 4. The van der Waals surface area contributed by atoms with Crippen LogP contribution in [0.4, 0.5) is 29.5 Å². The number of aromatic amines is 2. The molecule has 0 aliphatic carbocycles. The van der Waals surface area contributed by atoms with Crippen LogP contribution in [0.1, 0.15) is 41.4 Å². The molecule has 2 aromatic heterocycles. The standard InChI is InChI=1S/C17H11F2N3O5.C16H9F2N3O5/c1-25-15(24)9-4-2-3-8(5-9)14(23)22-16-20-10-6-12-13(7-11(10)21-16)27-17(18,19)26-12;17-16(18)25-11-5-9-10(6-12(11)26-16)20-15(19-9)21-13(22)7-2-1-3-8(4-7)14(23)24/h2-7H,1H3,(H2,20,21,22,23);1-6H,(H,23,24)(H2,19,20,21,22). The van der Waals surface area contributed by atoms with E-state index in [0.717, 1.165) is 0 Å². The summed E-state index contributed by atoms with van der Waals surface area (Å²) in [6, 6.07) is 16.5. The van der Waals surface area contributed by atoms with E-state index in [1.807, 2.05) is 0 Å². The van der Waals surface area contributed by atoms with E-state index < -0.39 is 36.3 Å². The number of fused-ring (bicyclic) bond motifs is 4. The second kappa shape index (κ2) is 12.7. The lowest BCUT2D eigenvalue weighted by Crippen LogP contribution is -2.25. The zero-order valence-electron chi connectivity index (χ0n) is 26.5. The van der Waals surface area contributed by atoms with Crippen LogP contribution in [0.5, 0.6) is 23.0 Å². The second-order valence-electron chi connectivity index (χ2n) is 11.0. The van der Waals surface area contributed by atoms with E-state index >= 15 is 0 Å². The lowest BCUT2D eigenvalue weighted by molar-refractivity contribution is -0.287.